The highest BCUT2D eigenvalue weighted by atomic mass is 15.2. The Morgan fingerprint density at radius 2 is 1.80 bits per heavy atom. The smallest absolute Gasteiger partial charge is 0.137 e. The zero-order valence-electron chi connectivity index (χ0n) is 14.1. The summed E-state index contributed by atoms with van der Waals surface area (Å²) in [7, 11) is 2.12. The summed E-state index contributed by atoms with van der Waals surface area (Å²) in [4.78, 5) is 11.7. The fourth-order valence-corrected chi connectivity index (χ4v) is 2.02. The quantitative estimate of drug-likeness (QED) is 0.819. The van der Waals surface area contributed by atoms with Crippen LogP contribution in [0.3, 0.4) is 0 Å². The third kappa shape index (κ3) is 3.84. The van der Waals surface area contributed by atoms with Crippen molar-refractivity contribution in [1.82, 2.24) is 9.97 Å². The fourth-order valence-electron chi connectivity index (χ4n) is 2.02. The van der Waals surface area contributed by atoms with E-state index in [1.807, 2.05) is 0 Å². The van der Waals surface area contributed by atoms with Crippen LogP contribution in [0.4, 0.5) is 11.6 Å². The monoisotopic (exact) mass is 278 g/mol. The molecule has 1 N–H and O–H groups in total. The molecule has 1 aromatic rings. The van der Waals surface area contributed by atoms with E-state index in [1.54, 1.807) is 0 Å². The molecule has 114 valence electrons. The molecule has 0 aliphatic heterocycles. The summed E-state index contributed by atoms with van der Waals surface area (Å²) in [6.07, 6.45) is 2.20. The van der Waals surface area contributed by atoms with E-state index in [0.717, 1.165) is 42.4 Å². The zero-order chi connectivity index (χ0) is 15.3. The highest BCUT2D eigenvalue weighted by molar-refractivity contribution is 5.59. The molecule has 0 fully saturated rings. The maximum atomic E-state index is 4.78. The molecule has 1 heterocycles. The van der Waals surface area contributed by atoms with Gasteiger partial charge in [0.15, 0.2) is 0 Å². The first-order chi connectivity index (χ1) is 9.42. The minimum absolute atomic E-state index is 0.335. The molecule has 4 nitrogen and oxygen atoms in total. The highest BCUT2D eigenvalue weighted by Gasteiger charge is 2.18. The van der Waals surface area contributed by atoms with Crippen molar-refractivity contribution in [3.8, 4) is 0 Å². The Morgan fingerprint density at radius 3 is 2.30 bits per heavy atom. The van der Waals surface area contributed by atoms with Crippen molar-refractivity contribution < 1.29 is 0 Å². The number of aromatic nitrogens is 2. The Labute approximate surface area is 124 Å². The lowest BCUT2D eigenvalue weighted by atomic mass is 10.1. The number of hydrogen-bond acceptors (Lipinski definition) is 4. The van der Waals surface area contributed by atoms with Crippen LogP contribution in [0.1, 0.15) is 64.8 Å². The van der Waals surface area contributed by atoms with E-state index in [0.29, 0.717) is 12.0 Å². The first kappa shape index (κ1) is 16.7. The molecule has 1 atom stereocenters. The minimum Gasteiger partial charge on any atom is -0.370 e. The molecule has 1 aromatic heterocycles. The van der Waals surface area contributed by atoms with Crippen molar-refractivity contribution in [2.24, 2.45) is 0 Å². The molecule has 0 amide bonds. The van der Waals surface area contributed by atoms with Crippen LogP contribution in [0.2, 0.25) is 0 Å². The molecule has 0 saturated carbocycles. The first-order valence-corrected chi connectivity index (χ1v) is 7.77. The molecule has 20 heavy (non-hydrogen) atoms. The zero-order valence-corrected chi connectivity index (χ0v) is 14.1. The number of rotatable bonds is 7. The average molecular weight is 278 g/mol. The molecule has 4 heteroatoms. The Morgan fingerprint density at radius 1 is 1.15 bits per heavy atom. The van der Waals surface area contributed by atoms with E-state index in [2.05, 4.69) is 63.8 Å². The molecule has 0 bridgehead atoms. The second kappa shape index (κ2) is 7.46. The van der Waals surface area contributed by atoms with E-state index in [9.17, 15) is 0 Å². The maximum Gasteiger partial charge on any atom is 0.137 e. The summed E-state index contributed by atoms with van der Waals surface area (Å²) in [5.74, 6) is 3.29. The standard InChI is InChI=1S/C16H30N4/c1-8-10-17-15-13(6)16(20(7)12(5)9-2)19-14(18-15)11(3)4/h11-12H,8-10H2,1-7H3,(H,17,18,19). The van der Waals surface area contributed by atoms with Crippen LogP contribution in [-0.2, 0) is 0 Å². The van der Waals surface area contributed by atoms with Crippen molar-refractivity contribution >= 4 is 11.6 Å². The van der Waals surface area contributed by atoms with Gasteiger partial charge in [-0.25, -0.2) is 9.97 Å². The van der Waals surface area contributed by atoms with Crippen LogP contribution in [-0.4, -0.2) is 29.6 Å². The van der Waals surface area contributed by atoms with Gasteiger partial charge in [0.05, 0.1) is 0 Å². The Bertz CT molecular complexity index is 429. The lowest BCUT2D eigenvalue weighted by Gasteiger charge is -2.28. The van der Waals surface area contributed by atoms with E-state index < -0.39 is 0 Å². The number of hydrogen-bond donors (Lipinski definition) is 1. The lowest BCUT2D eigenvalue weighted by molar-refractivity contribution is 0.648. The summed E-state index contributed by atoms with van der Waals surface area (Å²) in [6, 6.07) is 0.475. The third-order valence-electron chi connectivity index (χ3n) is 3.78. The molecule has 0 spiro atoms. The molecule has 0 aromatic carbocycles. The third-order valence-corrected chi connectivity index (χ3v) is 3.78. The summed E-state index contributed by atoms with van der Waals surface area (Å²) in [5, 5.41) is 3.43. The molecule has 0 aliphatic rings. The second-order valence-corrected chi connectivity index (χ2v) is 5.83. The lowest BCUT2D eigenvalue weighted by Crippen LogP contribution is -2.30. The maximum absolute atomic E-state index is 4.78. The molecule has 1 rings (SSSR count). The van der Waals surface area contributed by atoms with E-state index in [-0.39, 0.29) is 0 Å². The van der Waals surface area contributed by atoms with Gasteiger partial charge in [-0.15, -0.1) is 0 Å². The SMILES string of the molecule is CCCNc1nc(C(C)C)nc(N(C)C(C)CC)c1C. The van der Waals surface area contributed by atoms with E-state index in [1.165, 1.54) is 0 Å². The topological polar surface area (TPSA) is 41.1 Å². The largest absolute Gasteiger partial charge is 0.370 e. The van der Waals surface area contributed by atoms with Gasteiger partial charge in [-0.05, 0) is 26.7 Å². The van der Waals surface area contributed by atoms with Crippen molar-refractivity contribution in [3.63, 3.8) is 0 Å². The van der Waals surface area contributed by atoms with Crippen molar-refractivity contribution in [2.45, 2.75) is 66.3 Å². The highest BCUT2D eigenvalue weighted by Crippen LogP contribution is 2.27. The van der Waals surface area contributed by atoms with E-state index in [4.69, 9.17) is 4.98 Å². The van der Waals surface area contributed by atoms with Crippen molar-refractivity contribution in [2.75, 3.05) is 23.8 Å². The first-order valence-electron chi connectivity index (χ1n) is 7.77. The van der Waals surface area contributed by atoms with Crippen LogP contribution in [0, 0.1) is 6.92 Å². The summed E-state index contributed by atoms with van der Waals surface area (Å²) in [6.45, 7) is 13.9. The Hall–Kier alpha value is -1.32. The number of anilines is 2. The minimum atomic E-state index is 0.335. The molecule has 1 unspecified atom stereocenters. The molecule has 0 radical (unpaired) electrons. The van der Waals surface area contributed by atoms with Gasteiger partial charge in [-0.1, -0.05) is 27.7 Å². The van der Waals surface area contributed by atoms with Gasteiger partial charge < -0.3 is 10.2 Å². The van der Waals surface area contributed by atoms with E-state index >= 15 is 0 Å². The predicted octanol–water partition coefficient (Wildman–Crippen LogP) is 3.97. The Kier molecular flexibility index (Phi) is 6.24. The van der Waals surface area contributed by atoms with Gasteiger partial charge in [0.25, 0.3) is 0 Å². The fraction of sp³-hybridized carbons (Fsp3) is 0.750. The van der Waals surface area contributed by atoms with Gasteiger partial charge in [-0.2, -0.15) is 0 Å². The van der Waals surface area contributed by atoms with Crippen LogP contribution in [0.15, 0.2) is 0 Å². The second-order valence-electron chi connectivity index (χ2n) is 5.83. The van der Waals surface area contributed by atoms with Crippen LogP contribution >= 0.6 is 0 Å². The van der Waals surface area contributed by atoms with Gasteiger partial charge in [-0.3, -0.25) is 0 Å². The molecule has 0 saturated heterocycles. The van der Waals surface area contributed by atoms with Crippen LogP contribution in [0.5, 0.6) is 0 Å². The van der Waals surface area contributed by atoms with Gasteiger partial charge in [0.2, 0.25) is 0 Å². The predicted molar refractivity (Wildman–Crippen MR) is 87.8 cm³/mol. The normalized spacial score (nSPS) is 12.6. The van der Waals surface area contributed by atoms with Crippen molar-refractivity contribution in [3.05, 3.63) is 11.4 Å². The summed E-state index contributed by atoms with van der Waals surface area (Å²) >= 11 is 0. The van der Waals surface area contributed by atoms with Gasteiger partial charge >= 0.3 is 0 Å². The Balaban J connectivity index is 3.23. The molecular weight excluding hydrogens is 248 g/mol. The number of nitrogens with one attached hydrogen (secondary N) is 1. The van der Waals surface area contributed by atoms with Crippen molar-refractivity contribution in [1.29, 1.82) is 0 Å². The van der Waals surface area contributed by atoms with Crippen LogP contribution in [0.25, 0.3) is 0 Å². The molecular formula is C16H30N4. The average Bonchev–Trinajstić information content (AvgIpc) is 2.44. The van der Waals surface area contributed by atoms with Crippen LogP contribution < -0.4 is 10.2 Å². The number of nitrogens with zero attached hydrogens (tertiary/aromatic N) is 3. The van der Waals surface area contributed by atoms with Gasteiger partial charge in [0.1, 0.15) is 17.5 Å². The molecule has 0 aliphatic carbocycles. The van der Waals surface area contributed by atoms with Gasteiger partial charge in [0, 0.05) is 31.1 Å². The summed E-state index contributed by atoms with van der Waals surface area (Å²) < 4.78 is 0. The summed E-state index contributed by atoms with van der Waals surface area (Å²) in [5.41, 5.74) is 1.14.